The molecule has 0 spiro atoms. The third-order valence-electron chi connectivity index (χ3n) is 3.16. The highest BCUT2D eigenvalue weighted by atomic mass is 32.2. The topological polar surface area (TPSA) is 85.6 Å². The molecule has 0 bridgehead atoms. The number of benzene rings is 1. The molecule has 0 aliphatic heterocycles. The van der Waals surface area contributed by atoms with Crippen molar-refractivity contribution in [3.63, 3.8) is 0 Å². The highest BCUT2D eigenvalue weighted by molar-refractivity contribution is 7.99. The molecule has 2 heterocycles. The second-order valence-corrected chi connectivity index (χ2v) is 5.86. The van der Waals surface area contributed by atoms with Gasteiger partial charge in [-0.3, -0.25) is 9.78 Å². The van der Waals surface area contributed by atoms with Gasteiger partial charge in [-0.05, 0) is 12.1 Å². The fraction of sp³-hybridized carbons (Fsp3) is 0.133. The molecule has 0 fully saturated rings. The maximum atomic E-state index is 13.5. The van der Waals surface area contributed by atoms with E-state index in [-0.39, 0.29) is 11.4 Å². The first-order chi connectivity index (χ1) is 12.0. The van der Waals surface area contributed by atoms with Crippen LogP contribution in [0.3, 0.4) is 0 Å². The summed E-state index contributed by atoms with van der Waals surface area (Å²) < 4.78 is 28.1. The molecule has 0 radical (unpaired) electrons. The van der Waals surface area contributed by atoms with Crippen LogP contribution in [0.4, 0.5) is 14.5 Å². The average molecular weight is 362 g/mol. The summed E-state index contributed by atoms with van der Waals surface area (Å²) >= 11 is 1.13. The van der Waals surface area contributed by atoms with Gasteiger partial charge in [0.25, 0.3) is 0 Å². The largest absolute Gasteiger partial charge is 0.323 e. The molecule has 1 N–H and O–H groups in total. The Hall–Kier alpha value is -2.88. The van der Waals surface area contributed by atoms with E-state index < -0.39 is 17.5 Å². The molecule has 10 heteroatoms. The molecule has 128 valence electrons. The van der Waals surface area contributed by atoms with Gasteiger partial charge in [-0.15, -0.1) is 10.2 Å². The monoisotopic (exact) mass is 362 g/mol. The summed E-state index contributed by atoms with van der Waals surface area (Å²) in [6, 6.07) is 2.95. The number of carbonyl (C=O) groups is 1. The van der Waals surface area contributed by atoms with E-state index in [9.17, 15) is 13.6 Å². The summed E-state index contributed by atoms with van der Waals surface area (Å²) in [6.45, 7) is 0. The Bertz CT molecular complexity index is 902. The predicted octanol–water partition coefficient (Wildman–Crippen LogP) is 2.28. The second kappa shape index (κ2) is 7.34. The molecular formula is C15H12F2N6OS. The second-order valence-electron chi connectivity index (χ2n) is 4.92. The van der Waals surface area contributed by atoms with Crippen molar-refractivity contribution >= 4 is 23.4 Å². The Labute approximate surface area is 145 Å². The van der Waals surface area contributed by atoms with Crippen LogP contribution in [0.2, 0.25) is 0 Å². The number of nitrogens with zero attached hydrogens (tertiary/aromatic N) is 5. The van der Waals surface area contributed by atoms with Crippen LogP contribution in [-0.4, -0.2) is 36.4 Å². The summed E-state index contributed by atoms with van der Waals surface area (Å²) in [5, 5.41) is 10.9. The molecule has 0 aliphatic rings. The number of rotatable bonds is 5. The summed E-state index contributed by atoms with van der Waals surface area (Å²) in [5.41, 5.74) is 0.479. The lowest BCUT2D eigenvalue weighted by Crippen LogP contribution is -2.15. The van der Waals surface area contributed by atoms with Gasteiger partial charge in [-0.25, -0.2) is 13.8 Å². The molecule has 25 heavy (non-hydrogen) atoms. The van der Waals surface area contributed by atoms with E-state index in [4.69, 9.17) is 0 Å². The maximum absolute atomic E-state index is 13.5. The van der Waals surface area contributed by atoms with Crippen LogP contribution in [0.25, 0.3) is 11.5 Å². The van der Waals surface area contributed by atoms with Crippen LogP contribution in [-0.2, 0) is 11.8 Å². The van der Waals surface area contributed by atoms with Crippen LogP contribution < -0.4 is 5.32 Å². The van der Waals surface area contributed by atoms with E-state index in [2.05, 4.69) is 25.5 Å². The van der Waals surface area contributed by atoms with Gasteiger partial charge < -0.3 is 9.88 Å². The van der Waals surface area contributed by atoms with Crippen molar-refractivity contribution in [2.45, 2.75) is 5.16 Å². The maximum Gasteiger partial charge on any atom is 0.234 e. The minimum absolute atomic E-state index is 0.0107. The van der Waals surface area contributed by atoms with Gasteiger partial charge in [0.1, 0.15) is 17.3 Å². The van der Waals surface area contributed by atoms with Gasteiger partial charge in [0, 0.05) is 25.5 Å². The zero-order chi connectivity index (χ0) is 17.8. The summed E-state index contributed by atoms with van der Waals surface area (Å²) in [5.74, 6) is -1.48. The van der Waals surface area contributed by atoms with Gasteiger partial charge in [0.15, 0.2) is 11.0 Å². The molecule has 3 aromatic rings. The van der Waals surface area contributed by atoms with Crippen LogP contribution in [0.5, 0.6) is 0 Å². The van der Waals surface area contributed by atoms with Gasteiger partial charge >= 0.3 is 0 Å². The van der Waals surface area contributed by atoms with Gasteiger partial charge in [-0.2, -0.15) is 0 Å². The van der Waals surface area contributed by atoms with E-state index in [1.807, 2.05) is 0 Å². The number of nitrogens with one attached hydrogen (secondary N) is 1. The van der Waals surface area contributed by atoms with Crippen LogP contribution in [0, 0.1) is 11.6 Å². The average Bonchev–Trinajstić information content (AvgIpc) is 2.97. The Balaban J connectivity index is 1.64. The molecule has 0 saturated heterocycles. The molecular weight excluding hydrogens is 350 g/mol. The van der Waals surface area contributed by atoms with Gasteiger partial charge in [0.05, 0.1) is 17.6 Å². The smallest absolute Gasteiger partial charge is 0.234 e. The van der Waals surface area contributed by atoms with Crippen molar-refractivity contribution in [1.82, 2.24) is 24.7 Å². The molecule has 1 aromatic carbocycles. The first-order valence-electron chi connectivity index (χ1n) is 7.08. The lowest BCUT2D eigenvalue weighted by Gasteiger charge is -2.06. The number of halogens is 2. The van der Waals surface area contributed by atoms with Gasteiger partial charge in [0.2, 0.25) is 5.91 Å². The Morgan fingerprint density at radius 1 is 1.28 bits per heavy atom. The molecule has 0 unspecified atom stereocenters. The SMILES string of the molecule is Cn1c(SCC(=O)Nc2ccc(F)cc2F)nnc1-c1cnccn1. The quantitative estimate of drug-likeness (QED) is 0.701. The van der Waals surface area contributed by atoms with E-state index in [0.717, 1.165) is 17.8 Å². The van der Waals surface area contributed by atoms with Crippen LogP contribution in [0.1, 0.15) is 0 Å². The third kappa shape index (κ3) is 3.97. The minimum Gasteiger partial charge on any atom is -0.323 e. The Morgan fingerprint density at radius 3 is 2.84 bits per heavy atom. The van der Waals surface area contributed by atoms with Crippen molar-refractivity contribution in [3.8, 4) is 11.5 Å². The lowest BCUT2D eigenvalue weighted by molar-refractivity contribution is -0.113. The number of amides is 1. The highest BCUT2D eigenvalue weighted by Gasteiger charge is 2.14. The molecule has 7 nitrogen and oxygen atoms in total. The van der Waals surface area contributed by atoms with Crippen LogP contribution >= 0.6 is 11.8 Å². The predicted molar refractivity (Wildman–Crippen MR) is 87.7 cm³/mol. The number of hydrogen-bond acceptors (Lipinski definition) is 6. The van der Waals surface area contributed by atoms with Crippen molar-refractivity contribution in [2.75, 3.05) is 11.1 Å². The molecule has 0 saturated carbocycles. The molecule has 3 rings (SSSR count). The summed E-state index contributed by atoms with van der Waals surface area (Å²) in [4.78, 5) is 20.1. The van der Waals surface area contributed by atoms with E-state index in [0.29, 0.717) is 22.7 Å². The molecule has 1 amide bonds. The fourth-order valence-corrected chi connectivity index (χ4v) is 2.70. The number of carbonyl (C=O) groups excluding carboxylic acids is 1. The first-order valence-corrected chi connectivity index (χ1v) is 8.06. The number of anilines is 1. The molecule has 0 atom stereocenters. The standard InChI is InChI=1S/C15H12F2N6OS/c1-23-14(12-7-18-4-5-19-12)21-22-15(23)25-8-13(24)20-11-3-2-9(16)6-10(11)17/h2-7H,8H2,1H3,(H,20,24). The normalized spacial score (nSPS) is 10.7. The summed E-state index contributed by atoms with van der Waals surface area (Å²) in [7, 11) is 1.74. The highest BCUT2D eigenvalue weighted by Crippen LogP contribution is 2.21. The minimum atomic E-state index is -0.832. The lowest BCUT2D eigenvalue weighted by atomic mass is 10.3. The van der Waals surface area contributed by atoms with Crippen LogP contribution in [0.15, 0.2) is 41.9 Å². The number of aromatic nitrogens is 5. The van der Waals surface area contributed by atoms with E-state index in [1.165, 1.54) is 6.07 Å². The van der Waals surface area contributed by atoms with Crippen molar-refractivity contribution < 1.29 is 13.6 Å². The number of hydrogen-bond donors (Lipinski definition) is 1. The number of thioether (sulfide) groups is 1. The van der Waals surface area contributed by atoms with E-state index >= 15 is 0 Å². The van der Waals surface area contributed by atoms with E-state index in [1.54, 1.807) is 30.2 Å². The van der Waals surface area contributed by atoms with Crippen molar-refractivity contribution in [3.05, 3.63) is 48.4 Å². The zero-order valence-electron chi connectivity index (χ0n) is 13.0. The molecule has 0 aliphatic carbocycles. The summed E-state index contributed by atoms with van der Waals surface area (Å²) in [6.07, 6.45) is 4.65. The fourth-order valence-electron chi connectivity index (χ4n) is 1.99. The van der Waals surface area contributed by atoms with Crippen molar-refractivity contribution in [1.29, 1.82) is 0 Å². The Morgan fingerprint density at radius 2 is 2.12 bits per heavy atom. The molecule has 2 aromatic heterocycles. The van der Waals surface area contributed by atoms with Gasteiger partial charge in [-0.1, -0.05) is 11.8 Å². The first kappa shape index (κ1) is 17.0. The Kier molecular flexibility index (Phi) is 4.98. The zero-order valence-corrected chi connectivity index (χ0v) is 13.8. The van der Waals surface area contributed by atoms with Crippen molar-refractivity contribution in [2.24, 2.45) is 7.05 Å². The third-order valence-corrected chi connectivity index (χ3v) is 4.18.